The summed E-state index contributed by atoms with van der Waals surface area (Å²) in [5, 5.41) is 3.02. The standard InChI is InChI=1S/C10H13NO.C2H6/c1-8(12)7-9-3-5-10(11-2)6-4-9;1-2/h3-6,11H,7H2,1-2H3;1-2H3. The Balaban J connectivity index is 0.000000791. The first kappa shape index (κ1) is 12.7. The molecule has 0 atom stereocenters. The van der Waals surface area contributed by atoms with Gasteiger partial charge in [0.05, 0.1) is 0 Å². The van der Waals surface area contributed by atoms with E-state index in [-0.39, 0.29) is 5.78 Å². The van der Waals surface area contributed by atoms with Gasteiger partial charge in [0.1, 0.15) is 5.78 Å². The first-order valence-corrected chi connectivity index (χ1v) is 4.98. The molecule has 0 aliphatic heterocycles. The first-order valence-electron chi connectivity index (χ1n) is 4.98. The van der Waals surface area contributed by atoms with Crippen molar-refractivity contribution < 1.29 is 4.79 Å². The molecule has 1 aromatic carbocycles. The minimum Gasteiger partial charge on any atom is -0.388 e. The van der Waals surface area contributed by atoms with Crippen LogP contribution in [0.1, 0.15) is 26.3 Å². The van der Waals surface area contributed by atoms with Crippen molar-refractivity contribution in [3.63, 3.8) is 0 Å². The van der Waals surface area contributed by atoms with E-state index in [0.29, 0.717) is 6.42 Å². The Morgan fingerprint density at radius 1 is 1.21 bits per heavy atom. The van der Waals surface area contributed by atoms with Crippen LogP contribution in [-0.4, -0.2) is 12.8 Å². The maximum Gasteiger partial charge on any atom is 0.134 e. The third kappa shape index (κ3) is 4.65. The molecule has 1 aromatic rings. The summed E-state index contributed by atoms with van der Waals surface area (Å²) in [5.74, 6) is 0.201. The Morgan fingerprint density at radius 2 is 1.71 bits per heavy atom. The van der Waals surface area contributed by atoms with Gasteiger partial charge in [-0.2, -0.15) is 0 Å². The highest BCUT2D eigenvalue weighted by molar-refractivity contribution is 5.78. The summed E-state index contributed by atoms with van der Waals surface area (Å²) in [5.41, 5.74) is 2.14. The van der Waals surface area contributed by atoms with Crippen molar-refractivity contribution in [3.05, 3.63) is 29.8 Å². The van der Waals surface area contributed by atoms with E-state index in [0.717, 1.165) is 11.3 Å². The molecule has 0 unspecified atom stereocenters. The lowest BCUT2D eigenvalue weighted by Gasteiger charge is -2.00. The molecule has 0 spiro atoms. The zero-order valence-corrected chi connectivity index (χ0v) is 9.42. The van der Waals surface area contributed by atoms with Crippen molar-refractivity contribution in [2.45, 2.75) is 27.2 Å². The second-order valence-electron chi connectivity index (χ2n) is 2.83. The predicted octanol–water partition coefficient (Wildman–Crippen LogP) is 2.89. The number of carbonyl (C=O) groups is 1. The van der Waals surface area contributed by atoms with Crippen LogP contribution in [0.2, 0.25) is 0 Å². The highest BCUT2D eigenvalue weighted by Gasteiger charge is 1.96. The van der Waals surface area contributed by atoms with E-state index in [1.165, 1.54) is 0 Å². The minimum absolute atomic E-state index is 0.201. The molecule has 2 heteroatoms. The molecule has 0 heterocycles. The smallest absolute Gasteiger partial charge is 0.134 e. The third-order valence-corrected chi connectivity index (χ3v) is 1.70. The van der Waals surface area contributed by atoms with Gasteiger partial charge in [0.15, 0.2) is 0 Å². The fourth-order valence-electron chi connectivity index (χ4n) is 1.08. The summed E-state index contributed by atoms with van der Waals surface area (Å²) >= 11 is 0. The van der Waals surface area contributed by atoms with Gasteiger partial charge < -0.3 is 5.32 Å². The largest absolute Gasteiger partial charge is 0.388 e. The fraction of sp³-hybridized carbons (Fsp3) is 0.417. The molecule has 0 saturated heterocycles. The number of hydrogen-bond donors (Lipinski definition) is 1. The summed E-state index contributed by atoms with van der Waals surface area (Å²) in [6.45, 7) is 5.60. The normalized spacial score (nSPS) is 8.57. The SMILES string of the molecule is CC.CNc1ccc(CC(C)=O)cc1. The van der Waals surface area contributed by atoms with Crippen LogP contribution in [0.3, 0.4) is 0 Å². The quantitative estimate of drug-likeness (QED) is 0.799. The number of nitrogens with one attached hydrogen (secondary N) is 1. The summed E-state index contributed by atoms with van der Waals surface area (Å²) < 4.78 is 0. The van der Waals surface area contributed by atoms with E-state index < -0.39 is 0 Å². The van der Waals surface area contributed by atoms with Crippen molar-refractivity contribution in [3.8, 4) is 0 Å². The van der Waals surface area contributed by atoms with E-state index in [1.54, 1.807) is 6.92 Å². The molecule has 0 radical (unpaired) electrons. The van der Waals surface area contributed by atoms with Crippen LogP contribution in [0, 0.1) is 0 Å². The molecule has 0 aliphatic carbocycles. The van der Waals surface area contributed by atoms with Gasteiger partial charge in [-0.25, -0.2) is 0 Å². The van der Waals surface area contributed by atoms with Gasteiger partial charge in [-0.05, 0) is 24.6 Å². The molecule has 14 heavy (non-hydrogen) atoms. The molecule has 0 saturated carbocycles. The number of hydrogen-bond acceptors (Lipinski definition) is 2. The molecular weight excluding hydrogens is 174 g/mol. The van der Waals surface area contributed by atoms with Crippen LogP contribution in [0.15, 0.2) is 24.3 Å². The second-order valence-corrected chi connectivity index (χ2v) is 2.83. The molecule has 0 aromatic heterocycles. The summed E-state index contributed by atoms with van der Waals surface area (Å²) in [6, 6.07) is 7.87. The van der Waals surface area contributed by atoms with Crippen molar-refractivity contribution >= 4 is 11.5 Å². The molecule has 1 N–H and O–H groups in total. The highest BCUT2D eigenvalue weighted by atomic mass is 16.1. The zero-order valence-electron chi connectivity index (χ0n) is 9.42. The fourth-order valence-corrected chi connectivity index (χ4v) is 1.08. The van der Waals surface area contributed by atoms with Crippen molar-refractivity contribution in [1.82, 2.24) is 0 Å². The lowest BCUT2D eigenvalue weighted by molar-refractivity contribution is -0.116. The number of anilines is 1. The summed E-state index contributed by atoms with van der Waals surface area (Å²) in [6.07, 6.45) is 0.532. The second kappa shape index (κ2) is 7.13. The van der Waals surface area contributed by atoms with E-state index >= 15 is 0 Å². The Morgan fingerprint density at radius 3 is 2.07 bits per heavy atom. The maximum absolute atomic E-state index is 10.8. The lowest BCUT2D eigenvalue weighted by atomic mass is 10.1. The number of ketones is 1. The monoisotopic (exact) mass is 193 g/mol. The first-order chi connectivity index (χ1) is 6.72. The maximum atomic E-state index is 10.8. The van der Waals surface area contributed by atoms with Gasteiger partial charge in [0.25, 0.3) is 0 Å². The van der Waals surface area contributed by atoms with Crippen LogP contribution in [0.4, 0.5) is 5.69 Å². The minimum atomic E-state index is 0.201. The molecule has 0 bridgehead atoms. The molecule has 0 amide bonds. The van der Waals surface area contributed by atoms with Gasteiger partial charge in [0.2, 0.25) is 0 Å². The van der Waals surface area contributed by atoms with Crippen LogP contribution in [0.25, 0.3) is 0 Å². The number of carbonyl (C=O) groups excluding carboxylic acids is 1. The molecule has 2 nitrogen and oxygen atoms in total. The topological polar surface area (TPSA) is 29.1 Å². The third-order valence-electron chi connectivity index (χ3n) is 1.70. The van der Waals surface area contributed by atoms with Gasteiger partial charge in [-0.3, -0.25) is 4.79 Å². The average Bonchev–Trinajstić information content (AvgIpc) is 2.21. The van der Waals surface area contributed by atoms with E-state index in [9.17, 15) is 4.79 Å². The summed E-state index contributed by atoms with van der Waals surface area (Å²) in [7, 11) is 1.87. The van der Waals surface area contributed by atoms with E-state index in [4.69, 9.17) is 0 Å². The molecule has 78 valence electrons. The molecular formula is C12H19NO. The van der Waals surface area contributed by atoms with Gasteiger partial charge in [-0.1, -0.05) is 26.0 Å². The van der Waals surface area contributed by atoms with Crippen LogP contribution in [-0.2, 0) is 11.2 Å². The van der Waals surface area contributed by atoms with Crippen LogP contribution < -0.4 is 5.32 Å². The van der Waals surface area contributed by atoms with Gasteiger partial charge in [-0.15, -0.1) is 0 Å². The average molecular weight is 193 g/mol. The zero-order chi connectivity index (χ0) is 11.0. The van der Waals surface area contributed by atoms with Gasteiger partial charge in [0, 0.05) is 19.2 Å². The van der Waals surface area contributed by atoms with E-state index in [2.05, 4.69) is 5.32 Å². The Bertz CT molecular complexity index is 264. The Hall–Kier alpha value is -1.31. The predicted molar refractivity (Wildman–Crippen MR) is 61.7 cm³/mol. The van der Waals surface area contributed by atoms with Crippen LogP contribution in [0.5, 0.6) is 0 Å². The lowest BCUT2D eigenvalue weighted by Crippen LogP contribution is -1.96. The van der Waals surface area contributed by atoms with Crippen molar-refractivity contribution in [2.75, 3.05) is 12.4 Å². The number of benzene rings is 1. The van der Waals surface area contributed by atoms with Gasteiger partial charge >= 0.3 is 0 Å². The van der Waals surface area contributed by atoms with Crippen LogP contribution >= 0.6 is 0 Å². The summed E-state index contributed by atoms with van der Waals surface area (Å²) in [4.78, 5) is 10.8. The highest BCUT2D eigenvalue weighted by Crippen LogP contribution is 2.08. The molecule has 0 fully saturated rings. The Kier molecular flexibility index (Phi) is 6.46. The number of rotatable bonds is 3. The molecule has 1 rings (SSSR count). The van der Waals surface area contributed by atoms with E-state index in [1.807, 2.05) is 45.2 Å². The van der Waals surface area contributed by atoms with Crippen molar-refractivity contribution in [2.24, 2.45) is 0 Å². The van der Waals surface area contributed by atoms with Crippen molar-refractivity contribution in [1.29, 1.82) is 0 Å². The Labute approximate surface area is 86.3 Å². The molecule has 0 aliphatic rings. The number of Topliss-reactive ketones (excluding diaryl/α,β-unsaturated/α-hetero) is 1.